The predicted molar refractivity (Wildman–Crippen MR) is 84.8 cm³/mol. The van der Waals surface area contributed by atoms with Crippen molar-refractivity contribution in [2.24, 2.45) is 17.3 Å². The van der Waals surface area contributed by atoms with Crippen molar-refractivity contribution in [2.75, 3.05) is 26.2 Å². The normalized spacial score (nSPS) is 32.5. The van der Waals surface area contributed by atoms with Crippen LogP contribution in [0.1, 0.15) is 53.4 Å². The highest BCUT2D eigenvalue weighted by molar-refractivity contribution is 4.94. The molecule has 1 aliphatic heterocycles. The number of likely N-dealkylation sites (tertiary alicyclic amines) is 1. The lowest BCUT2D eigenvalue weighted by Crippen LogP contribution is -2.43. The predicted octanol–water partition coefficient (Wildman–Crippen LogP) is 2.49. The van der Waals surface area contributed by atoms with Crippen LogP contribution in [0.2, 0.25) is 0 Å². The first-order valence-electron chi connectivity index (χ1n) is 8.55. The van der Waals surface area contributed by atoms with E-state index in [2.05, 4.69) is 37.9 Å². The summed E-state index contributed by atoms with van der Waals surface area (Å²) in [5, 5.41) is 13.7. The molecule has 2 rings (SSSR count). The van der Waals surface area contributed by atoms with Crippen LogP contribution in [0.5, 0.6) is 0 Å². The summed E-state index contributed by atoms with van der Waals surface area (Å²) in [5.74, 6) is 1.33. The number of hydrogen-bond acceptors (Lipinski definition) is 3. The number of nitrogens with one attached hydrogen (secondary N) is 1. The van der Waals surface area contributed by atoms with E-state index in [9.17, 15) is 5.11 Å². The van der Waals surface area contributed by atoms with Gasteiger partial charge < -0.3 is 15.3 Å². The summed E-state index contributed by atoms with van der Waals surface area (Å²) in [6.07, 6.45) is 4.66. The van der Waals surface area contributed by atoms with E-state index in [-0.39, 0.29) is 6.10 Å². The molecule has 1 aliphatic carbocycles. The minimum Gasteiger partial charge on any atom is -0.393 e. The van der Waals surface area contributed by atoms with E-state index in [4.69, 9.17) is 0 Å². The van der Waals surface area contributed by atoms with Crippen LogP contribution in [0.4, 0.5) is 0 Å². The molecular formula is C17H34N2O. The van der Waals surface area contributed by atoms with Crippen molar-refractivity contribution in [1.29, 1.82) is 0 Å². The molecule has 0 radical (unpaired) electrons. The molecule has 0 amide bonds. The van der Waals surface area contributed by atoms with Gasteiger partial charge in [0.05, 0.1) is 6.10 Å². The quantitative estimate of drug-likeness (QED) is 0.786. The Bertz CT molecular complexity index is 300. The summed E-state index contributed by atoms with van der Waals surface area (Å²) in [5.41, 5.74) is 0.324. The van der Waals surface area contributed by atoms with Gasteiger partial charge in [-0.05, 0) is 50.1 Å². The molecule has 2 fully saturated rings. The van der Waals surface area contributed by atoms with Crippen LogP contribution >= 0.6 is 0 Å². The van der Waals surface area contributed by atoms with Gasteiger partial charge in [0.15, 0.2) is 0 Å². The van der Waals surface area contributed by atoms with Gasteiger partial charge in [0.1, 0.15) is 0 Å². The summed E-state index contributed by atoms with van der Waals surface area (Å²) in [7, 11) is 0. The molecule has 2 aliphatic rings. The third kappa shape index (κ3) is 3.96. The molecule has 1 heterocycles. The molecule has 4 unspecified atom stereocenters. The fraction of sp³-hybridized carbons (Fsp3) is 1.00. The maximum atomic E-state index is 10.0. The number of rotatable bonds is 6. The lowest BCUT2D eigenvalue weighted by Gasteiger charge is -2.33. The van der Waals surface area contributed by atoms with Gasteiger partial charge in [-0.1, -0.05) is 27.7 Å². The Morgan fingerprint density at radius 2 is 2.00 bits per heavy atom. The van der Waals surface area contributed by atoms with Gasteiger partial charge in [-0.15, -0.1) is 0 Å². The SMILES string of the molecule is CCCNC(CCN1CC2CCC(O)C2C1)C(C)(C)C. The molecule has 1 saturated carbocycles. The molecule has 0 aromatic heterocycles. The molecule has 118 valence electrons. The van der Waals surface area contributed by atoms with Crippen molar-refractivity contribution in [3.63, 3.8) is 0 Å². The van der Waals surface area contributed by atoms with Crippen molar-refractivity contribution in [3.05, 3.63) is 0 Å². The average Bonchev–Trinajstić information content (AvgIpc) is 2.90. The molecule has 0 bridgehead atoms. The maximum absolute atomic E-state index is 10.0. The maximum Gasteiger partial charge on any atom is 0.0583 e. The zero-order valence-corrected chi connectivity index (χ0v) is 13.9. The van der Waals surface area contributed by atoms with Crippen LogP contribution in [0.25, 0.3) is 0 Å². The molecule has 2 N–H and O–H groups in total. The van der Waals surface area contributed by atoms with Crippen molar-refractivity contribution >= 4 is 0 Å². The first-order valence-corrected chi connectivity index (χ1v) is 8.55. The van der Waals surface area contributed by atoms with Crippen LogP contribution in [-0.2, 0) is 0 Å². The van der Waals surface area contributed by atoms with Crippen LogP contribution in [0.3, 0.4) is 0 Å². The molecule has 0 aromatic rings. The monoisotopic (exact) mass is 282 g/mol. The smallest absolute Gasteiger partial charge is 0.0583 e. The van der Waals surface area contributed by atoms with Gasteiger partial charge in [-0.25, -0.2) is 0 Å². The molecule has 3 nitrogen and oxygen atoms in total. The largest absolute Gasteiger partial charge is 0.393 e. The molecule has 0 aromatic carbocycles. The Kier molecular flexibility index (Phi) is 5.49. The fourth-order valence-electron chi connectivity index (χ4n) is 3.98. The highest BCUT2D eigenvalue weighted by Crippen LogP contribution is 2.38. The molecule has 4 atom stereocenters. The van der Waals surface area contributed by atoms with Gasteiger partial charge in [0.25, 0.3) is 0 Å². The highest BCUT2D eigenvalue weighted by atomic mass is 16.3. The highest BCUT2D eigenvalue weighted by Gasteiger charge is 2.41. The second kappa shape index (κ2) is 6.76. The number of nitrogens with zero attached hydrogens (tertiary/aromatic N) is 1. The Morgan fingerprint density at radius 1 is 1.25 bits per heavy atom. The van der Waals surface area contributed by atoms with E-state index < -0.39 is 0 Å². The molecule has 0 spiro atoms. The third-order valence-corrected chi connectivity index (χ3v) is 5.31. The lowest BCUT2D eigenvalue weighted by atomic mass is 9.84. The number of aliphatic hydroxyl groups is 1. The number of hydrogen-bond donors (Lipinski definition) is 2. The lowest BCUT2D eigenvalue weighted by molar-refractivity contribution is 0.122. The summed E-state index contributed by atoms with van der Waals surface area (Å²) in [6.45, 7) is 13.9. The van der Waals surface area contributed by atoms with Gasteiger partial charge in [-0.2, -0.15) is 0 Å². The Balaban J connectivity index is 1.78. The van der Waals surface area contributed by atoms with Crippen molar-refractivity contribution in [3.8, 4) is 0 Å². The zero-order chi connectivity index (χ0) is 14.8. The summed E-state index contributed by atoms with van der Waals surface area (Å²) in [4.78, 5) is 2.59. The van der Waals surface area contributed by atoms with Crippen molar-refractivity contribution in [2.45, 2.75) is 65.5 Å². The minimum absolute atomic E-state index is 0.0263. The fourth-order valence-corrected chi connectivity index (χ4v) is 3.98. The van der Waals surface area contributed by atoms with E-state index in [0.717, 1.165) is 25.4 Å². The van der Waals surface area contributed by atoms with Gasteiger partial charge >= 0.3 is 0 Å². The van der Waals surface area contributed by atoms with E-state index in [1.165, 1.54) is 32.4 Å². The first kappa shape index (κ1) is 16.3. The van der Waals surface area contributed by atoms with Gasteiger partial charge in [0.2, 0.25) is 0 Å². The van der Waals surface area contributed by atoms with E-state index in [1.54, 1.807) is 0 Å². The minimum atomic E-state index is -0.0263. The van der Waals surface area contributed by atoms with Crippen molar-refractivity contribution in [1.82, 2.24) is 10.2 Å². The number of aliphatic hydroxyl groups excluding tert-OH is 1. The van der Waals surface area contributed by atoms with Crippen molar-refractivity contribution < 1.29 is 5.11 Å². The summed E-state index contributed by atoms with van der Waals surface area (Å²) in [6, 6.07) is 0.591. The Hall–Kier alpha value is -0.120. The first-order chi connectivity index (χ1) is 9.41. The second-order valence-electron chi connectivity index (χ2n) is 7.99. The summed E-state index contributed by atoms with van der Waals surface area (Å²) < 4.78 is 0. The van der Waals surface area contributed by atoms with Gasteiger partial charge in [0, 0.05) is 25.0 Å². The second-order valence-corrected chi connectivity index (χ2v) is 7.99. The zero-order valence-electron chi connectivity index (χ0n) is 13.9. The van der Waals surface area contributed by atoms with E-state index in [0.29, 0.717) is 17.4 Å². The summed E-state index contributed by atoms with van der Waals surface area (Å²) >= 11 is 0. The van der Waals surface area contributed by atoms with Crippen LogP contribution in [0, 0.1) is 17.3 Å². The van der Waals surface area contributed by atoms with Crippen LogP contribution in [-0.4, -0.2) is 48.3 Å². The Morgan fingerprint density at radius 3 is 2.60 bits per heavy atom. The number of fused-ring (bicyclic) bond motifs is 1. The molecular weight excluding hydrogens is 248 g/mol. The third-order valence-electron chi connectivity index (χ3n) is 5.31. The average molecular weight is 282 g/mol. The van der Waals surface area contributed by atoms with Gasteiger partial charge in [-0.3, -0.25) is 0 Å². The van der Waals surface area contributed by atoms with Crippen LogP contribution in [0.15, 0.2) is 0 Å². The van der Waals surface area contributed by atoms with Crippen LogP contribution < -0.4 is 5.32 Å². The van der Waals surface area contributed by atoms with E-state index in [1.807, 2.05) is 0 Å². The molecule has 20 heavy (non-hydrogen) atoms. The molecule has 1 saturated heterocycles. The molecule has 3 heteroatoms. The topological polar surface area (TPSA) is 35.5 Å². The standard InChI is InChI=1S/C17H34N2O/c1-5-9-18-16(17(2,3)4)8-10-19-11-13-6-7-15(20)14(13)12-19/h13-16,18,20H,5-12H2,1-4H3. The Labute approximate surface area is 125 Å². The van der Waals surface area contributed by atoms with E-state index >= 15 is 0 Å².